The van der Waals surface area contributed by atoms with Gasteiger partial charge in [-0.3, -0.25) is 0 Å². The number of nitrogens with zero attached hydrogens (tertiary/aromatic N) is 4. The highest BCUT2D eigenvalue weighted by Crippen LogP contribution is 2.38. The highest BCUT2D eigenvalue weighted by molar-refractivity contribution is 6.49. The molecule has 2 aromatic heterocycles. The van der Waals surface area contributed by atoms with Gasteiger partial charge in [0.25, 0.3) is 0 Å². The fraction of sp³-hybridized carbons (Fsp3) is 0.571. The minimum atomic E-state index is -1.83. The van der Waals surface area contributed by atoms with Crippen molar-refractivity contribution >= 4 is 6.82 Å². The summed E-state index contributed by atoms with van der Waals surface area (Å²) in [6.45, 7) is 6.46. The quantitative estimate of drug-likeness (QED) is 0.750. The van der Waals surface area contributed by atoms with E-state index in [2.05, 4.69) is 27.7 Å². The fourth-order valence-corrected chi connectivity index (χ4v) is 2.80. The van der Waals surface area contributed by atoms with Crippen molar-refractivity contribution in [3.05, 3.63) is 37.4 Å². The van der Waals surface area contributed by atoms with Gasteiger partial charge in [0.15, 0.2) is 0 Å². The molecule has 0 atom stereocenters. The first kappa shape index (κ1) is 14.3. The van der Waals surface area contributed by atoms with Crippen LogP contribution in [0.25, 0.3) is 0 Å². The Morgan fingerprint density at radius 3 is 1.48 bits per heavy atom. The summed E-state index contributed by atoms with van der Waals surface area (Å²) >= 11 is 0. The largest absolute Gasteiger partial charge is 0.669 e. The van der Waals surface area contributed by atoms with Crippen LogP contribution in [0.5, 0.6) is 0 Å². The molecule has 1 fully saturated rings. The Bertz CT molecular complexity index is 616. The van der Waals surface area contributed by atoms with Crippen LogP contribution in [0.1, 0.15) is 27.7 Å². The zero-order valence-corrected chi connectivity index (χ0v) is 13.6. The normalized spacial score (nSPS) is 22.6. The van der Waals surface area contributed by atoms with Crippen LogP contribution in [0.4, 0.5) is 0 Å². The van der Waals surface area contributed by atoms with Gasteiger partial charge >= 0.3 is 6.82 Å². The third kappa shape index (κ3) is 2.03. The minimum Gasteiger partial charge on any atom is -0.478 e. The molecular weight excluding hydrogens is 267 g/mol. The predicted octanol–water partition coefficient (Wildman–Crippen LogP) is 0.375. The van der Waals surface area contributed by atoms with Crippen LogP contribution >= 0.6 is 0 Å². The molecule has 0 unspecified atom stereocenters. The van der Waals surface area contributed by atoms with E-state index in [9.17, 15) is 0 Å². The van der Waals surface area contributed by atoms with Crippen molar-refractivity contribution in [2.45, 2.75) is 38.9 Å². The molecule has 6 nitrogen and oxygen atoms in total. The maximum absolute atomic E-state index is 6.49. The van der Waals surface area contributed by atoms with Crippen LogP contribution in [0.15, 0.2) is 37.4 Å². The van der Waals surface area contributed by atoms with Gasteiger partial charge in [-0.25, -0.2) is 9.13 Å². The summed E-state index contributed by atoms with van der Waals surface area (Å²) in [6.07, 6.45) is 11.9. The van der Waals surface area contributed by atoms with Crippen molar-refractivity contribution in [2.75, 3.05) is 0 Å². The number of aromatic nitrogens is 4. The average molecular weight is 291 g/mol. The first-order chi connectivity index (χ1) is 9.66. The molecular formula is C14H24BN4O2+. The van der Waals surface area contributed by atoms with E-state index in [1.807, 2.05) is 69.6 Å². The number of aryl methyl sites for hydroxylation is 2. The van der Waals surface area contributed by atoms with Gasteiger partial charge in [-0.2, -0.15) is 0 Å². The summed E-state index contributed by atoms with van der Waals surface area (Å²) in [5, 5.41) is 0. The van der Waals surface area contributed by atoms with E-state index in [1.54, 1.807) is 0 Å². The first-order valence-electron chi connectivity index (χ1n) is 7.27. The van der Waals surface area contributed by atoms with Crippen molar-refractivity contribution < 1.29 is 18.3 Å². The first-order valence-corrected chi connectivity index (χ1v) is 7.27. The lowest BCUT2D eigenvalue weighted by Crippen LogP contribution is -2.83. The second-order valence-electron chi connectivity index (χ2n) is 6.94. The van der Waals surface area contributed by atoms with E-state index < -0.39 is 18.0 Å². The van der Waals surface area contributed by atoms with Crippen molar-refractivity contribution in [1.29, 1.82) is 0 Å². The summed E-state index contributed by atoms with van der Waals surface area (Å²) in [5.74, 6) is 0. The minimum absolute atomic E-state index is 0.404. The van der Waals surface area contributed by atoms with E-state index in [4.69, 9.17) is 9.31 Å². The van der Waals surface area contributed by atoms with Crippen LogP contribution < -0.4 is 8.96 Å². The van der Waals surface area contributed by atoms with E-state index in [0.717, 1.165) is 0 Å². The summed E-state index contributed by atoms with van der Waals surface area (Å²) in [6, 6.07) is 0. The standard InChI is InChI=1S/C14H24BN4O2/c1-13(2)14(3,4)21-15(20-13,18-9-7-16(5)11-18)19-10-8-17(6)12-19/h7-12H,1-6H3/q+1. The van der Waals surface area contributed by atoms with Crippen LogP contribution in [-0.4, -0.2) is 27.2 Å². The summed E-state index contributed by atoms with van der Waals surface area (Å²) in [4.78, 5) is 0. The van der Waals surface area contributed by atoms with Gasteiger partial charge in [-0.05, 0) is 27.7 Å². The van der Waals surface area contributed by atoms with Gasteiger partial charge in [0, 0.05) is 0 Å². The highest BCUT2D eigenvalue weighted by Gasteiger charge is 2.62. The lowest BCUT2D eigenvalue weighted by Gasteiger charge is -2.35. The molecule has 0 amide bonds. The molecule has 1 aliphatic heterocycles. The molecule has 0 spiro atoms. The third-order valence-corrected chi connectivity index (χ3v) is 4.68. The molecule has 3 rings (SSSR count). The number of hydrogen-bond donors (Lipinski definition) is 0. The highest BCUT2D eigenvalue weighted by atomic mass is 16.7. The molecule has 1 saturated heterocycles. The SMILES string of the molecule is Cn1cc[n+]([B-]2([n+]3ccn(C)c3)OC(C)(C)C(C)(C)O2)c1. The summed E-state index contributed by atoms with van der Waals surface area (Å²) < 4.78 is 21.0. The molecule has 3 heterocycles. The van der Waals surface area contributed by atoms with Crippen LogP contribution in [0, 0.1) is 0 Å². The van der Waals surface area contributed by atoms with Gasteiger partial charge in [-0.1, -0.05) is 0 Å². The summed E-state index contributed by atoms with van der Waals surface area (Å²) in [7, 11) is 3.97. The third-order valence-electron chi connectivity index (χ3n) is 4.68. The van der Waals surface area contributed by atoms with E-state index in [1.165, 1.54) is 0 Å². The molecule has 0 aromatic carbocycles. The van der Waals surface area contributed by atoms with Gasteiger partial charge < -0.3 is 18.3 Å². The Morgan fingerprint density at radius 1 is 0.810 bits per heavy atom. The smallest absolute Gasteiger partial charge is 0.478 e. The number of hydrogen-bond acceptors (Lipinski definition) is 2. The topological polar surface area (TPSA) is 36.1 Å². The van der Waals surface area contributed by atoms with Crippen LogP contribution in [-0.2, 0) is 23.4 Å². The van der Waals surface area contributed by atoms with E-state index in [-0.39, 0.29) is 0 Å². The molecule has 0 radical (unpaired) electrons. The van der Waals surface area contributed by atoms with Crippen LogP contribution in [0.2, 0.25) is 0 Å². The summed E-state index contributed by atoms with van der Waals surface area (Å²) in [5.41, 5.74) is -0.808. The molecule has 0 aliphatic carbocycles. The van der Waals surface area contributed by atoms with Gasteiger partial charge in [0.1, 0.15) is 12.4 Å². The van der Waals surface area contributed by atoms with E-state index in [0.29, 0.717) is 0 Å². The zero-order chi connectivity index (χ0) is 15.5. The fourth-order valence-electron chi connectivity index (χ4n) is 2.80. The van der Waals surface area contributed by atoms with Gasteiger partial charge in [0.2, 0.25) is 12.7 Å². The maximum Gasteiger partial charge on any atom is 0.669 e. The Morgan fingerprint density at radius 2 is 1.19 bits per heavy atom. The number of imidazole rings is 2. The lowest BCUT2D eigenvalue weighted by molar-refractivity contribution is -0.725. The number of rotatable bonds is 2. The lowest BCUT2D eigenvalue weighted by atomic mass is 9.88. The van der Waals surface area contributed by atoms with E-state index >= 15 is 0 Å². The molecule has 0 N–H and O–H groups in total. The Hall–Kier alpha value is -1.60. The molecule has 1 aliphatic rings. The van der Waals surface area contributed by atoms with Crippen molar-refractivity contribution in [1.82, 2.24) is 9.13 Å². The molecule has 0 bridgehead atoms. The van der Waals surface area contributed by atoms with Gasteiger partial charge in [0.05, 0.1) is 37.7 Å². The van der Waals surface area contributed by atoms with Crippen molar-refractivity contribution in [3.63, 3.8) is 0 Å². The molecule has 0 saturated carbocycles. The second-order valence-corrected chi connectivity index (χ2v) is 6.94. The van der Waals surface area contributed by atoms with Crippen LogP contribution in [0.3, 0.4) is 0 Å². The molecule has 114 valence electrons. The molecule has 7 heteroatoms. The maximum atomic E-state index is 6.49. The zero-order valence-electron chi connectivity index (χ0n) is 13.6. The molecule has 21 heavy (non-hydrogen) atoms. The molecule has 2 aromatic rings. The predicted molar refractivity (Wildman–Crippen MR) is 78.1 cm³/mol. The second kappa shape index (κ2) is 4.21. The average Bonchev–Trinajstić information content (AvgIpc) is 3.00. The van der Waals surface area contributed by atoms with Crippen molar-refractivity contribution in [2.24, 2.45) is 14.1 Å². The van der Waals surface area contributed by atoms with Crippen molar-refractivity contribution in [3.8, 4) is 0 Å². The Kier molecular flexibility index (Phi) is 2.87. The van der Waals surface area contributed by atoms with Gasteiger partial charge in [-0.15, -0.1) is 0 Å². The monoisotopic (exact) mass is 291 g/mol. The Labute approximate surface area is 125 Å². The Balaban J connectivity index is 2.18.